The zero-order valence-corrected chi connectivity index (χ0v) is 20.5. The third-order valence-corrected chi connectivity index (χ3v) is 6.10. The maximum Gasteiger partial charge on any atom is 0.421 e. The van der Waals surface area contributed by atoms with Crippen molar-refractivity contribution in [2.24, 2.45) is 7.05 Å². The van der Waals surface area contributed by atoms with Crippen molar-refractivity contribution < 1.29 is 22.7 Å². The minimum atomic E-state index is -4.04. The maximum atomic E-state index is 12.0. The number of nitrogens with one attached hydrogen (secondary N) is 2. The number of ether oxygens (including phenoxy) is 2. The van der Waals surface area contributed by atoms with Crippen LogP contribution >= 0.6 is 11.6 Å². The highest BCUT2D eigenvalue weighted by molar-refractivity contribution is 7.88. The third-order valence-electron chi connectivity index (χ3n) is 4.84. The topological polar surface area (TPSA) is 116 Å². The molecular formula is C21H28ClN5O5S. The summed E-state index contributed by atoms with van der Waals surface area (Å²) < 4.78 is 42.0. The van der Waals surface area contributed by atoms with E-state index in [9.17, 15) is 13.2 Å². The number of nitrogens with zero attached hydrogens (tertiary/aromatic N) is 3. The van der Waals surface area contributed by atoms with E-state index < -0.39 is 16.3 Å². The molecule has 33 heavy (non-hydrogen) atoms. The monoisotopic (exact) mass is 497 g/mol. The van der Waals surface area contributed by atoms with Crippen LogP contribution in [-0.4, -0.2) is 54.7 Å². The summed E-state index contributed by atoms with van der Waals surface area (Å²) in [5.41, 5.74) is 2.62. The number of aryl methyl sites for hydroxylation is 2. The summed E-state index contributed by atoms with van der Waals surface area (Å²) in [6, 6.07) is 7.59. The van der Waals surface area contributed by atoms with E-state index in [4.69, 9.17) is 21.1 Å². The summed E-state index contributed by atoms with van der Waals surface area (Å²) in [7, 11) is -2.20. The number of rotatable bonds is 10. The minimum Gasteiger partial charge on any atom is -0.448 e. The van der Waals surface area contributed by atoms with Gasteiger partial charge in [-0.05, 0) is 45.0 Å². The minimum absolute atomic E-state index is 0.0180. The van der Waals surface area contributed by atoms with Gasteiger partial charge in [-0.2, -0.15) is 18.2 Å². The first-order valence-electron chi connectivity index (χ1n) is 10.4. The first-order valence-corrected chi connectivity index (χ1v) is 12.3. The first-order chi connectivity index (χ1) is 15.6. The molecule has 0 saturated carbocycles. The summed E-state index contributed by atoms with van der Waals surface area (Å²) in [6.07, 6.45) is 1.20. The van der Waals surface area contributed by atoms with Crippen molar-refractivity contribution in [3.8, 4) is 5.82 Å². The Labute approximate surface area is 198 Å². The molecule has 0 aliphatic heterocycles. The van der Waals surface area contributed by atoms with Crippen LogP contribution in [-0.2, 0) is 33.2 Å². The molecule has 2 N–H and O–H groups in total. The summed E-state index contributed by atoms with van der Waals surface area (Å²) in [4.78, 5) is 12.0. The molecule has 180 valence electrons. The molecule has 12 heteroatoms. The van der Waals surface area contributed by atoms with Crippen LogP contribution in [0.2, 0.25) is 5.02 Å². The van der Waals surface area contributed by atoms with E-state index in [1.165, 1.54) is 0 Å². The Bertz CT molecular complexity index is 1240. The Kier molecular flexibility index (Phi) is 8.01. The maximum absolute atomic E-state index is 12.0. The molecule has 0 bridgehead atoms. The average Bonchev–Trinajstić information content (AvgIpc) is 3.24. The van der Waals surface area contributed by atoms with Crippen LogP contribution in [0.5, 0.6) is 0 Å². The van der Waals surface area contributed by atoms with E-state index in [2.05, 4.69) is 9.82 Å². The van der Waals surface area contributed by atoms with Gasteiger partial charge >= 0.3 is 16.3 Å². The molecule has 2 heterocycles. The first kappa shape index (κ1) is 25.0. The number of carbonyl (C=O) groups excluding carboxylic acids is 1. The second kappa shape index (κ2) is 10.6. The average molecular weight is 498 g/mol. The zero-order chi connectivity index (χ0) is 24.2. The van der Waals surface area contributed by atoms with Crippen molar-refractivity contribution in [3.63, 3.8) is 0 Å². The summed E-state index contributed by atoms with van der Waals surface area (Å²) >= 11 is 6.10. The Morgan fingerprint density at radius 1 is 1.24 bits per heavy atom. The standard InChI is InChI=1S/C21H28ClN5O5S/c1-14(2)31-12-9-23-33(29,30)25-21(28)32-11-8-18-15(3)24-26(4)20(18)27-10-7-16-13-17(22)5-6-19(16)27/h5-7,10,13-14,23H,8-9,11-12H2,1-4H3,(H,25,28). The lowest BCUT2D eigenvalue weighted by Crippen LogP contribution is -2.42. The summed E-state index contributed by atoms with van der Waals surface area (Å²) in [5, 5.41) is 6.14. The molecular weight excluding hydrogens is 470 g/mol. The van der Waals surface area contributed by atoms with Crippen LogP contribution in [0.1, 0.15) is 25.1 Å². The highest BCUT2D eigenvalue weighted by Gasteiger charge is 2.19. The number of carbonyl (C=O) groups is 1. The van der Waals surface area contributed by atoms with Crippen molar-refractivity contribution in [1.29, 1.82) is 0 Å². The molecule has 3 aromatic rings. The van der Waals surface area contributed by atoms with Crippen LogP contribution < -0.4 is 9.44 Å². The van der Waals surface area contributed by atoms with Gasteiger partial charge < -0.3 is 14.0 Å². The number of benzene rings is 1. The van der Waals surface area contributed by atoms with Crippen molar-refractivity contribution in [2.75, 3.05) is 19.8 Å². The lowest BCUT2D eigenvalue weighted by Gasteiger charge is -2.12. The van der Waals surface area contributed by atoms with E-state index in [1.807, 2.05) is 67.6 Å². The molecule has 0 unspecified atom stereocenters. The molecule has 1 amide bonds. The van der Waals surface area contributed by atoms with Crippen LogP contribution in [0.3, 0.4) is 0 Å². The predicted molar refractivity (Wildman–Crippen MR) is 126 cm³/mol. The predicted octanol–water partition coefficient (Wildman–Crippen LogP) is 2.85. The van der Waals surface area contributed by atoms with E-state index in [0.717, 1.165) is 28.0 Å². The molecule has 2 aromatic heterocycles. The van der Waals surface area contributed by atoms with Gasteiger partial charge in [0.15, 0.2) is 0 Å². The lowest BCUT2D eigenvalue weighted by atomic mass is 10.2. The van der Waals surface area contributed by atoms with Gasteiger partial charge in [0.1, 0.15) is 5.82 Å². The second-order valence-electron chi connectivity index (χ2n) is 7.71. The third kappa shape index (κ3) is 6.47. The fourth-order valence-corrected chi connectivity index (χ4v) is 4.36. The van der Waals surface area contributed by atoms with Crippen LogP contribution in [0.25, 0.3) is 16.7 Å². The Balaban J connectivity index is 1.63. The van der Waals surface area contributed by atoms with E-state index in [1.54, 1.807) is 4.68 Å². The number of aromatic nitrogens is 3. The zero-order valence-electron chi connectivity index (χ0n) is 19.0. The Morgan fingerprint density at radius 2 is 2.00 bits per heavy atom. The molecule has 10 nitrogen and oxygen atoms in total. The van der Waals surface area contributed by atoms with Gasteiger partial charge in [-0.25, -0.2) is 9.52 Å². The summed E-state index contributed by atoms with van der Waals surface area (Å²) in [5.74, 6) is 0.827. The molecule has 0 aliphatic carbocycles. The quantitative estimate of drug-likeness (QED) is 0.416. The molecule has 0 spiro atoms. The number of halogens is 1. The highest BCUT2D eigenvalue weighted by Crippen LogP contribution is 2.26. The molecule has 0 atom stereocenters. The van der Waals surface area contributed by atoms with Gasteiger partial charge in [0.2, 0.25) is 0 Å². The van der Waals surface area contributed by atoms with Crippen LogP contribution in [0, 0.1) is 6.92 Å². The van der Waals surface area contributed by atoms with E-state index in [-0.39, 0.29) is 25.9 Å². The van der Waals surface area contributed by atoms with Crippen molar-refractivity contribution >= 4 is 38.8 Å². The van der Waals surface area contributed by atoms with Crippen LogP contribution in [0.15, 0.2) is 30.5 Å². The van der Waals surface area contributed by atoms with E-state index in [0.29, 0.717) is 11.4 Å². The highest BCUT2D eigenvalue weighted by atomic mass is 35.5. The van der Waals surface area contributed by atoms with Gasteiger partial charge in [-0.15, -0.1) is 0 Å². The van der Waals surface area contributed by atoms with Gasteiger partial charge in [-0.3, -0.25) is 4.68 Å². The van der Waals surface area contributed by atoms with Gasteiger partial charge in [0.25, 0.3) is 0 Å². The molecule has 0 aliphatic rings. The van der Waals surface area contributed by atoms with Gasteiger partial charge in [0.05, 0.1) is 30.5 Å². The Hall–Kier alpha value is -2.60. The van der Waals surface area contributed by atoms with Crippen LogP contribution in [0.4, 0.5) is 4.79 Å². The Morgan fingerprint density at radius 3 is 2.73 bits per heavy atom. The molecule has 0 saturated heterocycles. The number of hydrogen-bond acceptors (Lipinski definition) is 6. The normalized spacial score (nSPS) is 11.9. The summed E-state index contributed by atoms with van der Waals surface area (Å²) in [6.45, 7) is 5.76. The number of amides is 1. The van der Waals surface area contributed by atoms with Gasteiger partial charge in [0, 0.05) is 42.2 Å². The second-order valence-corrected chi connectivity index (χ2v) is 9.64. The lowest BCUT2D eigenvalue weighted by molar-refractivity contribution is 0.0833. The smallest absolute Gasteiger partial charge is 0.421 e. The SMILES string of the molecule is Cc1nn(C)c(-n2ccc3cc(Cl)ccc32)c1CCOC(=O)NS(=O)(=O)NCCOC(C)C. The fraction of sp³-hybridized carbons (Fsp3) is 0.429. The number of fused-ring (bicyclic) bond motifs is 1. The van der Waals surface area contributed by atoms with Gasteiger partial charge in [-0.1, -0.05) is 11.6 Å². The largest absolute Gasteiger partial charge is 0.448 e. The van der Waals surface area contributed by atoms with Crippen molar-refractivity contribution in [3.05, 3.63) is 46.7 Å². The molecule has 0 fully saturated rings. The van der Waals surface area contributed by atoms with E-state index >= 15 is 0 Å². The molecule has 0 radical (unpaired) electrons. The van der Waals surface area contributed by atoms with Crippen molar-refractivity contribution in [1.82, 2.24) is 23.8 Å². The van der Waals surface area contributed by atoms with Crippen molar-refractivity contribution in [2.45, 2.75) is 33.3 Å². The number of hydrogen-bond donors (Lipinski definition) is 2. The molecule has 1 aromatic carbocycles. The fourth-order valence-electron chi connectivity index (χ4n) is 3.47. The molecule has 3 rings (SSSR count).